The van der Waals surface area contributed by atoms with E-state index in [0.29, 0.717) is 15.5 Å². The fourth-order valence-electron chi connectivity index (χ4n) is 1.57. The smallest absolute Gasteiger partial charge is 0.123 e. The Morgan fingerprint density at radius 1 is 1.38 bits per heavy atom. The van der Waals surface area contributed by atoms with Crippen LogP contribution in [-0.4, -0.2) is 5.11 Å². The average molecular weight is 257 g/mol. The van der Waals surface area contributed by atoms with Gasteiger partial charge in [0.25, 0.3) is 0 Å². The third-order valence-corrected chi connectivity index (χ3v) is 3.68. The maximum Gasteiger partial charge on any atom is 0.123 e. The Hall–Kier alpha value is -0.900. The van der Waals surface area contributed by atoms with Crippen molar-refractivity contribution in [3.63, 3.8) is 0 Å². The Morgan fingerprint density at radius 3 is 2.69 bits per heavy atom. The Morgan fingerprint density at radius 2 is 2.12 bits per heavy atom. The molecule has 1 nitrogen and oxygen atoms in total. The second-order valence-corrected chi connectivity index (χ2v) is 4.95. The normalized spacial score (nSPS) is 12.8. The van der Waals surface area contributed by atoms with Crippen molar-refractivity contribution >= 4 is 22.9 Å². The lowest BCUT2D eigenvalue weighted by atomic mass is 10.1. The van der Waals surface area contributed by atoms with Gasteiger partial charge < -0.3 is 5.11 Å². The van der Waals surface area contributed by atoms with E-state index in [1.165, 1.54) is 23.5 Å². The van der Waals surface area contributed by atoms with Gasteiger partial charge in [-0.25, -0.2) is 4.39 Å². The molecule has 0 saturated carbocycles. The summed E-state index contributed by atoms with van der Waals surface area (Å²) in [4.78, 5) is 0.645. The second kappa shape index (κ2) is 4.53. The van der Waals surface area contributed by atoms with E-state index in [-0.39, 0.29) is 5.82 Å². The molecule has 0 aliphatic heterocycles. The molecular weight excluding hydrogens is 247 g/mol. The van der Waals surface area contributed by atoms with Gasteiger partial charge in [0.2, 0.25) is 0 Å². The summed E-state index contributed by atoms with van der Waals surface area (Å²) in [7, 11) is 0. The van der Waals surface area contributed by atoms with Gasteiger partial charge in [-0.2, -0.15) is 0 Å². The third kappa shape index (κ3) is 2.26. The molecule has 0 aliphatic rings. The van der Waals surface area contributed by atoms with Crippen molar-refractivity contribution in [2.75, 3.05) is 0 Å². The minimum absolute atomic E-state index is 0.346. The lowest BCUT2D eigenvalue weighted by molar-refractivity contribution is 0.223. The van der Waals surface area contributed by atoms with Crippen molar-refractivity contribution in [2.45, 2.75) is 13.0 Å². The van der Waals surface area contributed by atoms with E-state index in [1.54, 1.807) is 24.4 Å². The first kappa shape index (κ1) is 11.6. The van der Waals surface area contributed by atoms with Gasteiger partial charge in [0, 0.05) is 0 Å². The molecule has 2 rings (SSSR count). The van der Waals surface area contributed by atoms with Gasteiger partial charge in [-0.05, 0) is 41.6 Å². The van der Waals surface area contributed by atoms with E-state index in [1.807, 2.05) is 0 Å². The van der Waals surface area contributed by atoms with Crippen LogP contribution in [0.3, 0.4) is 0 Å². The second-order valence-electron chi connectivity index (χ2n) is 3.60. The van der Waals surface area contributed by atoms with Gasteiger partial charge >= 0.3 is 0 Å². The molecule has 16 heavy (non-hydrogen) atoms. The van der Waals surface area contributed by atoms with Crippen molar-refractivity contribution in [1.82, 2.24) is 0 Å². The minimum Gasteiger partial charge on any atom is -0.383 e. The largest absolute Gasteiger partial charge is 0.383 e. The zero-order valence-electron chi connectivity index (χ0n) is 8.58. The van der Waals surface area contributed by atoms with Crippen LogP contribution in [0, 0.1) is 12.7 Å². The average Bonchev–Trinajstić information content (AvgIpc) is 2.62. The summed E-state index contributed by atoms with van der Waals surface area (Å²) >= 11 is 7.28. The fraction of sp³-hybridized carbons (Fsp3) is 0.167. The molecule has 1 unspecified atom stereocenters. The number of rotatable bonds is 2. The molecule has 1 N–H and O–H groups in total. The number of aryl methyl sites for hydroxylation is 1. The van der Waals surface area contributed by atoms with Crippen molar-refractivity contribution < 1.29 is 9.50 Å². The summed E-state index contributed by atoms with van der Waals surface area (Å²) in [5.74, 6) is -0.346. The van der Waals surface area contributed by atoms with Crippen molar-refractivity contribution in [3.8, 4) is 0 Å². The van der Waals surface area contributed by atoms with Crippen LogP contribution in [0.4, 0.5) is 4.39 Å². The molecule has 0 bridgehead atoms. The molecule has 1 atom stereocenters. The molecule has 1 aromatic carbocycles. The van der Waals surface area contributed by atoms with Gasteiger partial charge in [-0.15, -0.1) is 11.3 Å². The first-order valence-corrected chi connectivity index (χ1v) is 6.02. The highest BCUT2D eigenvalue weighted by Gasteiger charge is 2.16. The summed E-state index contributed by atoms with van der Waals surface area (Å²) in [5, 5.41) is 12.4. The molecule has 0 saturated heterocycles. The molecule has 1 aromatic heterocycles. The molecule has 0 spiro atoms. The highest BCUT2D eigenvalue weighted by atomic mass is 35.5. The number of aliphatic hydroxyl groups is 1. The summed E-state index contributed by atoms with van der Waals surface area (Å²) in [5.41, 5.74) is 1.31. The zero-order valence-corrected chi connectivity index (χ0v) is 10.1. The van der Waals surface area contributed by atoms with Crippen LogP contribution < -0.4 is 0 Å². The van der Waals surface area contributed by atoms with E-state index < -0.39 is 6.10 Å². The highest BCUT2D eigenvalue weighted by molar-refractivity contribution is 7.10. The Bertz CT molecular complexity index is 489. The SMILES string of the molecule is Cc1cc(F)cc(C(O)c2sccc2Cl)c1. The Labute approximate surface area is 102 Å². The third-order valence-electron chi connectivity index (χ3n) is 2.27. The van der Waals surface area contributed by atoms with E-state index in [0.717, 1.165) is 5.56 Å². The molecule has 4 heteroatoms. The molecule has 84 valence electrons. The van der Waals surface area contributed by atoms with Crippen LogP contribution in [0.1, 0.15) is 22.1 Å². The zero-order chi connectivity index (χ0) is 11.7. The summed E-state index contributed by atoms with van der Waals surface area (Å²) in [6, 6.07) is 6.22. The van der Waals surface area contributed by atoms with Crippen LogP contribution in [0.5, 0.6) is 0 Å². The van der Waals surface area contributed by atoms with Crippen LogP contribution in [-0.2, 0) is 0 Å². The Kier molecular flexibility index (Phi) is 3.28. The van der Waals surface area contributed by atoms with Gasteiger partial charge in [-0.3, -0.25) is 0 Å². The van der Waals surface area contributed by atoms with Gasteiger partial charge in [0.1, 0.15) is 11.9 Å². The van der Waals surface area contributed by atoms with Crippen molar-refractivity contribution in [2.24, 2.45) is 0 Å². The summed E-state index contributed by atoms with van der Waals surface area (Å²) < 4.78 is 13.2. The predicted octanol–water partition coefficient (Wildman–Crippen LogP) is 3.93. The lowest BCUT2D eigenvalue weighted by Gasteiger charge is -2.10. The maximum absolute atomic E-state index is 13.2. The standard InChI is InChI=1S/C12H10ClFOS/c1-7-4-8(6-9(14)5-7)11(15)12-10(13)2-3-16-12/h2-6,11,15H,1H3. The first-order chi connectivity index (χ1) is 7.58. The monoisotopic (exact) mass is 256 g/mol. The van der Waals surface area contributed by atoms with Crippen molar-refractivity contribution in [1.29, 1.82) is 0 Å². The molecular formula is C12H10ClFOS. The van der Waals surface area contributed by atoms with Crippen LogP contribution in [0.25, 0.3) is 0 Å². The maximum atomic E-state index is 13.2. The van der Waals surface area contributed by atoms with E-state index >= 15 is 0 Å². The topological polar surface area (TPSA) is 20.2 Å². The number of thiophene rings is 1. The lowest BCUT2D eigenvalue weighted by Crippen LogP contribution is -1.99. The van der Waals surface area contributed by atoms with E-state index in [9.17, 15) is 9.50 Å². The first-order valence-electron chi connectivity index (χ1n) is 4.76. The van der Waals surface area contributed by atoms with Crippen LogP contribution in [0.15, 0.2) is 29.6 Å². The number of halogens is 2. The minimum atomic E-state index is -0.859. The van der Waals surface area contributed by atoms with Gasteiger partial charge in [0.15, 0.2) is 0 Å². The fourth-order valence-corrected chi connectivity index (χ4v) is 2.75. The molecule has 0 aliphatic carbocycles. The van der Waals surface area contributed by atoms with Crippen LogP contribution in [0.2, 0.25) is 5.02 Å². The van der Waals surface area contributed by atoms with E-state index in [4.69, 9.17) is 11.6 Å². The number of benzene rings is 1. The number of aliphatic hydroxyl groups excluding tert-OH is 1. The number of hydrogen-bond donors (Lipinski definition) is 1. The quantitative estimate of drug-likeness (QED) is 0.863. The van der Waals surface area contributed by atoms with Crippen LogP contribution >= 0.6 is 22.9 Å². The Balaban J connectivity index is 2.41. The number of hydrogen-bond acceptors (Lipinski definition) is 2. The molecule has 0 fully saturated rings. The van der Waals surface area contributed by atoms with Gasteiger partial charge in [0.05, 0.1) is 9.90 Å². The van der Waals surface area contributed by atoms with Crippen molar-refractivity contribution in [3.05, 3.63) is 56.5 Å². The molecule has 0 radical (unpaired) electrons. The summed E-state index contributed by atoms with van der Waals surface area (Å²) in [6.07, 6.45) is -0.859. The predicted molar refractivity (Wildman–Crippen MR) is 64.5 cm³/mol. The molecule has 2 aromatic rings. The van der Waals surface area contributed by atoms with E-state index in [2.05, 4.69) is 0 Å². The molecule has 1 heterocycles. The molecule has 0 amide bonds. The van der Waals surface area contributed by atoms with Gasteiger partial charge in [-0.1, -0.05) is 17.7 Å². The highest BCUT2D eigenvalue weighted by Crippen LogP contribution is 2.33. The summed E-state index contributed by atoms with van der Waals surface area (Å²) in [6.45, 7) is 1.79.